The van der Waals surface area contributed by atoms with Gasteiger partial charge in [-0.25, -0.2) is 13.2 Å². The number of benzene rings is 3. The SMILES string of the molecule is CC(=O)c1cccc(CN2C(=O)CN([C@H](C(=O)N[C@@H](Cc3ccccc3)[C@H](O)CN(CC(C)C)S(=O)(=O)c3ccc(Cl)c(N)c3)C(C)C)C2=O)c1. The number of rotatable bonds is 16. The van der Waals surface area contributed by atoms with Crippen molar-refractivity contribution in [3.05, 3.63) is 94.5 Å². The number of nitrogens with zero attached hydrogens (tertiary/aromatic N) is 3. The van der Waals surface area contributed by atoms with E-state index >= 15 is 0 Å². The standard InChI is InChI=1S/C37H46ClN5O7S/c1-23(2)19-41(51(49,50)29-14-15-30(38)31(39)18-29)21-33(45)32(17-26-10-7-6-8-11-26)40-36(47)35(24(3)4)43-22-34(46)42(37(43)48)20-27-12-9-13-28(16-27)25(5)44/h6-16,18,23-24,32-33,35,45H,17,19-22,39H2,1-5H3,(H,40,47)/t32-,33+,35-/m0/s1. The molecule has 0 aliphatic carbocycles. The van der Waals surface area contributed by atoms with Crippen molar-refractivity contribution < 1.29 is 32.7 Å². The Hall–Kier alpha value is -4.30. The van der Waals surface area contributed by atoms with Gasteiger partial charge in [-0.3, -0.25) is 19.3 Å². The summed E-state index contributed by atoms with van der Waals surface area (Å²) in [5.41, 5.74) is 7.82. The van der Waals surface area contributed by atoms with Crippen molar-refractivity contribution in [1.82, 2.24) is 19.4 Å². The van der Waals surface area contributed by atoms with Gasteiger partial charge in [0.1, 0.15) is 12.6 Å². The van der Waals surface area contributed by atoms with E-state index in [-0.39, 0.29) is 59.9 Å². The molecule has 4 amide bonds. The number of carbonyl (C=O) groups is 4. The zero-order valence-electron chi connectivity index (χ0n) is 29.5. The maximum absolute atomic E-state index is 14.1. The number of aliphatic hydroxyl groups excluding tert-OH is 1. The molecule has 0 saturated carbocycles. The van der Waals surface area contributed by atoms with Crippen LogP contribution in [0.2, 0.25) is 5.02 Å². The number of hydrogen-bond donors (Lipinski definition) is 3. The number of nitrogens with one attached hydrogen (secondary N) is 1. The Morgan fingerprint density at radius 1 is 0.961 bits per heavy atom. The van der Waals surface area contributed by atoms with Gasteiger partial charge in [-0.2, -0.15) is 4.31 Å². The molecule has 1 saturated heterocycles. The average molecular weight is 740 g/mol. The van der Waals surface area contributed by atoms with Gasteiger partial charge in [0.15, 0.2) is 5.78 Å². The molecule has 0 bridgehead atoms. The molecule has 3 aromatic carbocycles. The van der Waals surface area contributed by atoms with E-state index in [1.165, 1.54) is 30.0 Å². The van der Waals surface area contributed by atoms with Crippen molar-refractivity contribution in [2.75, 3.05) is 25.4 Å². The van der Waals surface area contributed by atoms with E-state index < -0.39 is 52.0 Å². The van der Waals surface area contributed by atoms with Crippen molar-refractivity contribution in [2.24, 2.45) is 11.8 Å². The molecule has 51 heavy (non-hydrogen) atoms. The van der Waals surface area contributed by atoms with E-state index in [0.717, 1.165) is 14.8 Å². The summed E-state index contributed by atoms with van der Waals surface area (Å²) in [7, 11) is -4.15. The number of amides is 4. The molecule has 0 aromatic heterocycles. The van der Waals surface area contributed by atoms with Crippen molar-refractivity contribution in [1.29, 1.82) is 0 Å². The molecule has 3 aromatic rings. The molecule has 12 nitrogen and oxygen atoms in total. The van der Waals surface area contributed by atoms with Crippen LogP contribution in [0.4, 0.5) is 10.5 Å². The first-order valence-corrected chi connectivity index (χ1v) is 18.6. The lowest BCUT2D eigenvalue weighted by molar-refractivity contribution is -0.129. The molecule has 1 heterocycles. The zero-order chi connectivity index (χ0) is 37.6. The van der Waals surface area contributed by atoms with Crippen molar-refractivity contribution in [2.45, 2.75) is 70.7 Å². The molecule has 1 fully saturated rings. The minimum Gasteiger partial charge on any atom is -0.397 e. The third-order valence-corrected chi connectivity index (χ3v) is 10.8. The molecular formula is C37H46ClN5O7S. The summed E-state index contributed by atoms with van der Waals surface area (Å²) >= 11 is 6.05. The van der Waals surface area contributed by atoms with Gasteiger partial charge in [-0.05, 0) is 60.6 Å². The monoisotopic (exact) mass is 739 g/mol. The fraction of sp³-hybridized carbons (Fsp3) is 0.405. The molecule has 4 N–H and O–H groups in total. The lowest BCUT2D eigenvalue weighted by Gasteiger charge is -2.34. The Balaban J connectivity index is 1.60. The van der Waals surface area contributed by atoms with Crippen molar-refractivity contribution in [3.8, 4) is 0 Å². The van der Waals surface area contributed by atoms with Crippen LogP contribution < -0.4 is 11.1 Å². The van der Waals surface area contributed by atoms with Crippen LogP contribution >= 0.6 is 11.6 Å². The molecule has 1 aliphatic rings. The Kier molecular flexibility index (Phi) is 13.0. The van der Waals surface area contributed by atoms with E-state index in [9.17, 15) is 32.7 Å². The number of urea groups is 1. The number of anilines is 1. The van der Waals surface area contributed by atoms with Gasteiger partial charge in [0.25, 0.3) is 5.91 Å². The lowest BCUT2D eigenvalue weighted by atomic mass is 9.97. The fourth-order valence-electron chi connectivity index (χ4n) is 6.07. The first kappa shape index (κ1) is 39.5. The van der Waals surface area contributed by atoms with E-state index in [1.54, 1.807) is 38.1 Å². The predicted octanol–water partition coefficient (Wildman–Crippen LogP) is 4.35. The molecule has 3 atom stereocenters. The summed E-state index contributed by atoms with van der Waals surface area (Å²) in [6.45, 7) is 7.92. The first-order chi connectivity index (χ1) is 24.0. The first-order valence-electron chi connectivity index (χ1n) is 16.8. The number of imide groups is 1. The third kappa shape index (κ3) is 9.73. The highest BCUT2D eigenvalue weighted by molar-refractivity contribution is 7.89. The minimum absolute atomic E-state index is 0.0676. The molecule has 1 aliphatic heterocycles. The van der Waals surface area contributed by atoms with Crippen LogP contribution in [0.25, 0.3) is 0 Å². The number of sulfonamides is 1. The summed E-state index contributed by atoms with van der Waals surface area (Å²) < 4.78 is 28.9. The van der Waals surface area contributed by atoms with Gasteiger partial charge in [-0.1, -0.05) is 87.8 Å². The van der Waals surface area contributed by atoms with Crippen LogP contribution in [0.1, 0.15) is 56.1 Å². The molecule has 0 radical (unpaired) electrons. The van der Waals surface area contributed by atoms with Crippen LogP contribution in [0.3, 0.4) is 0 Å². The maximum Gasteiger partial charge on any atom is 0.328 e. The van der Waals surface area contributed by atoms with Gasteiger partial charge in [-0.15, -0.1) is 0 Å². The molecule has 14 heteroatoms. The number of halogens is 1. The molecular weight excluding hydrogens is 694 g/mol. The highest BCUT2D eigenvalue weighted by Crippen LogP contribution is 2.26. The van der Waals surface area contributed by atoms with Crippen LogP contribution in [0.15, 0.2) is 77.7 Å². The second kappa shape index (κ2) is 16.8. The van der Waals surface area contributed by atoms with Gasteiger partial charge >= 0.3 is 6.03 Å². The van der Waals surface area contributed by atoms with E-state index in [1.807, 2.05) is 44.2 Å². The van der Waals surface area contributed by atoms with Crippen LogP contribution in [-0.2, 0) is 32.6 Å². The van der Waals surface area contributed by atoms with Crippen LogP contribution in [-0.4, -0.2) is 89.1 Å². The summed E-state index contributed by atoms with van der Waals surface area (Å²) in [6, 6.07) is 17.1. The zero-order valence-corrected chi connectivity index (χ0v) is 31.0. The summed E-state index contributed by atoms with van der Waals surface area (Å²) in [6.07, 6.45) is -1.24. The Bertz CT molecular complexity index is 1850. The van der Waals surface area contributed by atoms with Gasteiger partial charge in [0, 0.05) is 18.7 Å². The summed E-state index contributed by atoms with van der Waals surface area (Å²) in [4.78, 5) is 55.0. The van der Waals surface area contributed by atoms with Gasteiger partial charge in [0.2, 0.25) is 15.9 Å². The Morgan fingerprint density at radius 3 is 2.24 bits per heavy atom. The molecule has 0 unspecified atom stereocenters. The number of ketones is 1. The topological polar surface area (TPSA) is 170 Å². The highest BCUT2D eigenvalue weighted by atomic mass is 35.5. The molecule has 4 rings (SSSR count). The Morgan fingerprint density at radius 2 is 1.63 bits per heavy atom. The van der Waals surface area contributed by atoms with Crippen LogP contribution in [0.5, 0.6) is 0 Å². The second-order valence-electron chi connectivity index (χ2n) is 13.6. The van der Waals surface area contributed by atoms with Crippen molar-refractivity contribution in [3.63, 3.8) is 0 Å². The predicted molar refractivity (Wildman–Crippen MR) is 195 cm³/mol. The van der Waals surface area contributed by atoms with Crippen molar-refractivity contribution >= 4 is 50.9 Å². The van der Waals surface area contributed by atoms with Gasteiger partial charge < -0.3 is 21.1 Å². The smallest absolute Gasteiger partial charge is 0.328 e. The van der Waals surface area contributed by atoms with Crippen LogP contribution in [0, 0.1) is 11.8 Å². The third-order valence-electron chi connectivity index (χ3n) is 8.65. The number of nitrogen functional groups attached to an aromatic ring is 1. The lowest BCUT2D eigenvalue weighted by Crippen LogP contribution is -2.57. The summed E-state index contributed by atoms with van der Waals surface area (Å²) in [5.74, 6) is -1.80. The molecule has 274 valence electrons. The summed E-state index contributed by atoms with van der Waals surface area (Å²) in [5, 5.41) is 14.8. The quantitative estimate of drug-likeness (QED) is 0.111. The number of aliphatic hydroxyl groups is 1. The maximum atomic E-state index is 14.1. The molecule has 0 spiro atoms. The highest BCUT2D eigenvalue weighted by Gasteiger charge is 2.44. The fourth-order valence-corrected chi connectivity index (χ4v) is 7.85. The van der Waals surface area contributed by atoms with E-state index in [2.05, 4.69) is 5.32 Å². The average Bonchev–Trinajstić information content (AvgIpc) is 3.33. The normalized spacial score (nSPS) is 15.5. The number of hydrogen-bond acceptors (Lipinski definition) is 8. The number of Topliss-reactive ketones (excluding diaryl/α,β-unsaturated/α-hetero) is 1. The number of nitrogens with two attached hydrogens (primary N) is 1. The number of carbonyl (C=O) groups excluding carboxylic acids is 4. The van der Waals surface area contributed by atoms with E-state index in [4.69, 9.17) is 17.3 Å². The minimum atomic E-state index is -4.15. The van der Waals surface area contributed by atoms with Gasteiger partial charge in [0.05, 0.1) is 34.3 Å². The Labute approximate surface area is 304 Å². The second-order valence-corrected chi connectivity index (χ2v) is 16.0. The van der Waals surface area contributed by atoms with E-state index in [0.29, 0.717) is 11.1 Å². The largest absolute Gasteiger partial charge is 0.397 e.